The standard InChI is InChI=1S/C10H13NO3/c12-8(7-4-5-7)6-11-9(13)2-1-3-10(11)14/h7H,1-6H2. The number of likely N-dealkylation sites (tertiary alicyclic amines) is 1. The number of carbonyl (C=O) groups is 3. The monoisotopic (exact) mass is 195 g/mol. The smallest absolute Gasteiger partial charge is 0.229 e. The van der Waals surface area contributed by atoms with E-state index >= 15 is 0 Å². The Morgan fingerprint density at radius 3 is 2.29 bits per heavy atom. The van der Waals surface area contributed by atoms with Crippen molar-refractivity contribution in [3.8, 4) is 0 Å². The molecule has 0 spiro atoms. The number of amides is 2. The lowest BCUT2D eigenvalue weighted by molar-refractivity contribution is -0.150. The highest BCUT2D eigenvalue weighted by atomic mass is 16.2. The van der Waals surface area contributed by atoms with Crippen LogP contribution in [-0.2, 0) is 14.4 Å². The Morgan fingerprint density at radius 2 is 1.79 bits per heavy atom. The molecule has 4 nitrogen and oxygen atoms in total. The Kier molecular flexibility index (Phi) is 2.35. The lowest BCUT2D eigenvalue weighted by atomic mass is 10.1. The van der Waals surface area contributed by atoms with Crippen LogP contribution in [0.5, 0.6) is 0 Å². The Labute approximate surface area is 82.3 Å². The Hall–Kier alpha value is -1.19. The van der Waals surface area contributed by atoms with E-state index in [9.17, 15) is 14.4 Å². The van der Waals surface area contributed by atoms with E-state index < -0.39 is 0 Å². The summed E-state index contributed by atoms with van der Waals surface area (Å²) in [6.45, 7) is 0.0162. The summed E-state index contributed by atoms with van der Waals surface area (Å²) in [6.07, 6.45) is 3.29. The van der Waals surface area contributed by atoms with E-state index in [-0.39, 0.29) is 30.1 Å². The zero-order valence-electron chi connectivity index (χ0n) is 7.99. The molecule has 76 valence electrons. The second-order valence-electron chi connectivity index (χ2n) is 3.97. The first-order valence-corrected chi connectivity index (χ1v) is 5.04. The molecule has 1 aliphatic heterocycles. The van der Waals surface area contributed by atoms with Crippen LogP contribution in [0.4, 0.5) is 0 Å². The van der Waals surface area contributed by atoms with Crippen molar-refractivity contribution in [3.63, 3.8) is 0 Å². The molecule has 2 aliphatic rings. The van der Waals surface area contributed by atoms with Gasteiger partial charge in [0.2, 0.25) is 11.8 Å². The molecular weight excluding hydrogens is 182 g/mol. The van der Waals surface area contributed by atoms with Gasteiger partial charge in [-0.1, -0.05) is 0 Å². The molecule has 1 aliphatic carbocycles. The lowest BCUT2D eigenvalue weighted by Gasteiger charge is -2.23. The summed E-state index contributed by atoms with van der Waals surface area (Å²) in [5.41, 5.74) is 0. The molecule has 0 aromatic rings. The quantitative estimate of drug-likeness (QED) is 0.616. The van der Waals surface area contributed by atoms with Crippen LogP contribution >= 0.6 is 0 Å². The zero-order chi connectivity index (χ0) is 10.1. The van der Waals surface area contributed by atoms with E-state index in [0.29, 0.717) is 19.3 Å². The topological polar surface area (TPSA) is 54.5 Å². The van der Waals surface area contributed by atoms with Crippen molar-refractivity contribution in [3.05, 3.63) is 0 Å². The molecule has 1 saturated heterocycles. The largest absolute Gasteiger partial charge is 0.297 e. The van der Waals surface area contributed by atoms with Crippen LogP contribution in [-0.4, -0.2) is 29.0 Å². The van der Waals surface area contributed by atoms with Gasteiger partial charge in [-0.25, -0.2) is 0 Å². The summed E-state index contributed by atoms with van der Waals surface area (Å²) in [7, 11) is 0. The van der Waals surface area contributed by atoms with Gasteiger partial charge in [0, 0.05) is 18.8 Å². The number of imide groups is 1. The number of hydrogen-bond acceptors (Lipinski definition) is 3. The second kappa shape index (κ2) is 3.52. The molecule has 0 radical (unpaired) electrons. The first-order valence-electron chi connectivity index (χ1n) is 5.04. The Balaban J connectivity index is 1.96. The highest BCUT2D eigenvalue weighted by molar-refractivity contribution is 6.01. The van der Waals surface area contributed by atoms with E-state index in [2.05, 4.69) is 0 Å². The van der Waals surface area contributed by atoms with Crippen LogP contribution in [0.25, 0.3) is 0 Å². The average Bonchev–Trinajstić information content (AvgIpc) is 2.94. The number of hydrogen-bond donors (Lipinski definition) is 0. The summed E-state index contributed by atoms with van der Waals surface area (Å²) in [6, 6.07) is 0. The van der Waals surface area contributed by atoms with Crippen molar-refractivity contribution in [1.29, 1.82) is 0 Å². The summed E-state index contributed by atoms with van der Waals surface area (Å²) in [5.74, 6) is -0.198. The summed E-state index contributed by atoms with van der Waals surface area (Å²) in [4.78, 5) is 35.2. The van der Waals surface area contributed by atoms with Gasteiger partial charge in [-0.05, 0) is 19.3 Å². The predicted molar refractivity (Wildman–Crippen MR) is 48.3 cm³/mol. The molecule has 0 bridgehead atoms. The molecule has 1 saturated carbocycles. The molecule has 0 unspecified atom stereocenters. The maximum atomic E-state index is 11.4. The SMILES string of the molecule is O=C(CN1C(=O)CCCC1=O)C1CC1. The van der Waals surface area contributed by atoms with Gasteiger partial charge >= 0.3 is 0 Å². The van der Waals surface area contributed by atoms with Gasteiger partial charge in [-0.2, -0.15) is 0 Å². The van der Waals surface area contributed by atoms with Gasteiger partial charge in [-0.15, -0.1) is 0 Å². The van der Waals surface area contributed by atoms with E-state index in [0.717, 1.165) is 17.7 Å². The molecular formula is C10H13NO3. The second-order valence-corrected chi connectivity index (χ2v) is 3.97. The van der Waals surface area contributed by atoms with Crippen LogP contribution in [0.3, 0.4) is 0 Å². The van der Waals surface area contributed by atoms with Gasteiger partial charge in [0.25, 0.3) is 0 Å². The third-order valence-electron chi connectivity index (χ3n) is 2.73. The minimum atomic E-state index is -0.185. The maximum absolute atomic E-state index is 11.4. The van der Waals surface area contributed by atoms with E-state index in [1.54, 1.807) is 0 Å². The molecule has 0 atom stereocenters. The van der Waals surface area contributed by atoms with Crippen molar-refractivity contribution in [1.82, 2.24) is 4.90 Å². The molecule has 0 N–H and O–H groups in total. The molecule has 14 heavy (non-hydrogen) atoms. The third-order valence-corrected chi connectivity index (χ3v) is 2.73. The summed E-state index contributed by atoms with van der Waals surface area (Å²) in [5, 5.41) is 0. The first-order chi connectivity index (χ1) is 6.68. The molecule has 1 heterocycles. The number of rotatable bonds is 3. The molecule has 0 aromatic carbocycles. The van der Waals surface area contributed by atoms with Crippen molar-refractivity contribution in [2.24, 2.45) is 5.92 Å². The minimum absolute atomic E-state index is 0.0162. The van der Waals surface area contributed by atoms with Crippen LogP contribution in [0.15, 0.2) is 0 Å². The van der Waals surface area contributed by atoms with Crippen LogP contribution in [0.2, 0.25) is 0 Å². The highest BCUT2D eigenvalue weighted by Crippen LogP contribution is 2.30. The van der Waals surface area contributed by atoms with Gasteiger partial charge in [-0.3, -0.25) is 19.3 Å². The highest BCUT2D eigenvalue weighted by Gasteiger charge is 2.34. The third kappa shape index (κ3) is 1.84. The maximum Gasteiger partial charge on any atom is 0.229 e. The minimum Gasteiger partial charge on any atom is -0.297 e. The molecule has 2 rings (SSSR count). The zero-order valence-corrected chi connectivity index (χ0v) is 7.99. The fraction of sp³-hybridized carbons (Fsp3) is 0.700. The molecule has 2 amide bonds. The molecule has 4 heteroatoms. The molecule has 2 fully saturated rings. The number of ketones is 1. The van der Waals surface area contributed by atoms with E-state index in [4.69, 9.17) is 0 Å². The Bertz CT molecular complexity index is 278. The summed E-state index contributed by atoms with van der Waals surface area (Å²) < 4.78 is 0. The predicted octanol–water partition coefficient (Wildman–Crippen LogP) is 0.505. The number of carbonyl (C=O) groups excluding carboxylic acids is 3. The number of piperidine rings is 1. The van der Waals surface area contributed by atoms with Crippen LogP contribution in [0, 0.1) is 5.92 Å². The van der Waals surface area contributed by atoms with Gasteiger partial charge < -0.3 is 0 Å². The van der Waals surface area contributed by atoms with Crippen LogP contribution in [0.1, 0.15) is 32.1 Å². The lowest BCUT2D eigenvalue weighted by Crippen LogP contribution is -2.43. The molecule has 0 aromatic heterocycles. The fourth-order valence-corrected chi connectivity index (χ4v) is 1.67. The van der Waals surface area contributed by atoms with E-state index in [1.165, 1.54) is 0 Å². The van der Waals surface area contributed by atoms with Gasteiger partial charge in [0.05, 0.1) is 6.54 Å². The fourth-order valence-electron chi connectivity index (χ4n) is 1.67. The van der Waals surface area contributed by atoms with Crippen molar-refractivity contribution < 1.29 is 14.4 Å². The summed E-state index contributed by atoms with van der Waals surface area (Å²) >= 11 is 0. The van der Waals surface area contributed by atoms with Crippen molar-refractivity contribution in [2.45, 2.75) is 32.1 Å². The van der Waals surface area contributed by atoms with Crippen LogP contribution < -0.4 is 0 Å². The van der Waals surface area contributed by atoms with E-state index in [1.807, 2.05) is 0 Å². The average molecular weight is 195 g/mol. The van der Waals surface area contributed by atoms with Gasteiger partial charge in [0.1, 0.15) is 0 Å². The van der Waals surface area contributed by atoms with Crippen molar-refractivity contribution >= 4 is 17.6 Å². The van der Waals surface area contributed by atoms with Gasteiger partial charge in [0.15, 0.2) is 5.78 Å². The number of nitrogens with zero attached hydrogens (tertiary/aromatic N) is 1. The number of Topliss-reactive ketones (excluding diaryl/α,β-unsaturated/α-hetero) is 1. The normalized spacial score (nSPS) is 22.7. The first kappa shape index (κ1) is 9.37. The van der Waals surface area contributed by atoms with Crippen molar-refractivity contribution in [2.75, 3.05) is 6.54 Å². The Morgan fingerprint density at radius 1 is 1.21 bits per heavy atom.